The van der Waals surface area contributed by atoms with Gasteiger partial charge in [-0.1, -0.05) is 38.6 Å². The number of carbonyl (C=O) groups excluding carboxylic acids is 3. The second-order valence-corrected chi connectivity index (χ2v) is 11.3. The van der Waals surface area contributed by atoms with Crippen molar-refractivity contribution >= 4 is 28.7 Å². The normalized spacial score (nSPS) is 32.5. The van der Waals surface area contributed by atoms with Crippen LogP contribution in [0.1, 0.15) is 47.0 Å². The second-order valence-electron chi connectivity index (χ2n) is 9.51. The van der Waals surface area contributed by atoms with Gasteiger partial charge in [-0.15, -0.1) is 0 Å². The van der Waals surface area contributed by atoms with Crippen LogP contribution < -0.4 is 0 Å². The van der Waals surface area contributed by atoms with E-state index in [-0.39, 0.29) is 45.7 Å². The Morgan fingerprint density at radius 2 is 1.93 bits per heavy atom. The Labute approximate surface area is 176 Å². The Morgan fingerprint density at radius 3 is 2.62 bits per heavy atom. The number of fused-ring (bicyclic) bond motifs is 4. The zero-order valence-corrected chi connectivity index (χ0v) is 18.7. The predicted molar refractivity (Wildman–Crippen MR) is 112 cm³/mol. The maximum atomic E-state index is 12.9. The molecule has 0 unspecified atom stereocenters. The smallest absolute Gasteiger partial charge is 0.233 e. The van der Waals surface area contributed by atoms with Crippen LogP contribution in [0, 0.1) is 17.8 Å². The van der Waals surface area contributed by atoms with Gasteiger partial charge in [0.1, 0.15) is 6.23 Å². The molecule has 3 heterocycles. The Kier molecular flexibility index (Phi) is 5.18. The largest absolute Gasteiger partial charge is 0.354 e. The minimum absolute atomic E-state index is 0.0418. The third-order valence-electron chi connectivity index (χ3n) is 6.58. The SMILES string of the molecule is CC1=C(C(=O)SC(C)(C)C)CC[C@@H]2OCC3=CC[C@H]4C(=O)N(C)C(=O)[C@H]4[C@H]3CN12. The highest BCUT2D eigenvalue weighted by Gasteiger charge is 2.53. The first-order valence-electron chi connectivity index (χ1n) is 10.4. The van der Waals surface area contributed by atoms with Gasteiger partial charge in [-0.25, -0.2) is 0 Å². The van der Waals surface area contributed by atoms with E-state index in [1.165, 1.54) is 16.7 Å². The summed E-state index contributed by atoms with van der Waals surface area (Å²) in [6, 6.07) is 0. The number of nitrogens with zero attached hydrogens (tertiary/aromatic N) is 2. The molecule has 4 rings (SSSR count). The molecule has 4 aliphatic rings. The summed E-state index contributed by atoms with van der Waals surface area (Å²) in [7, 11) is 1.59. The lowest BCUT2D eigenvalue weighted by Crippen LogP contribution is -2.43. The van der Waals surface area contributed by atoms with Crippen LogP contribution in [-0.2, 0) is 19.1 Å². The Balaban J connectivity index is 1.64. The van der Waals surface area contributed by atoms with Crippen molar-refractivity contribution in [3.05, 3.63) is 22.9 Å². The van der Waals surface area contributed by atoms with Gasteiger partial charge < -0.3 is 9.64 Å². The molecule has 0 saturated carbocycles. The summed E-state index contributed by atoms with van der Waals surface area (Å²) in [6.45, 7) is 9.25. The molecule has 2 fully saturated rings. The molecule has 1 aliphatic carbocycles. The number of rotatable bonds is 1. The van der Waals surface area contributed by atoms with E-state index in [2.05, 4.69) is 11.0 Å². The van der Waals surface area contributed by atoms with Crippen molar-refractivity contribution in [1.82, 2.24) is 9.80 Å². The Morgan fingerprint density at radius 1 is 1.21 bits per heavy atom. The summed E-state index contributed by atoms with van der Waals surface area (Å²) < 4.78 is 6.07. The lowest BCUT2D eigenvalue weighted by molar-refractivity contribution is -0.138. The third-order valence-corrected chi connectivity index (χ3v) is 7.62. The first kappa shape index (κ1) is 20.7. The molecule has 0 aromatic carbocycles. The van der Waals surface area contributed by atoms with E-state index < -0.39 is 0 Å². The summed E-state index contributed by atoms with van der Waals surface area (Å²) in [4.78, 5) is 41.7. The molecule has 0 bridgehead atoms. The Bertz CT molecular complexity index is 825. The molecular weight excluding hydrogens is 388 g/mol. The third kappa shape index (κ3) is 3.56. The fourth-order valence-corrected chi connectivity index (χ4v) is 6.01. The zero-order valence-electron chi connectivity index (χ0n) is 17.9. The molecule has 7 heteroatoms. The minimum Gasteiger partial charge on any atom is -0.354 e. The van der Waals surface area contributed by atoms with E-state index in [0.717, 1.165) is 23.3 Å². The predicted octanol–water partition coefficient (Wildman–Crippen LogP) is 2.95. The van der Waals surface area contributed by atoms with Gasteiger partial charge in [0.15, 0.2) is 0 Å². The van der Waals surface area contributed by atoms with E-state index in [1.54, 1.807) is 7.05 Å². The first-order chi connectivity index (χ1) is 13.6. The van der Waals surface area contributed by atoms with Crippen molar-refractivity contribution in [3.63, 3.8) is 0 Å². The number of ether oxygens (including phenoxy) is 1. The van der Waals surface area contributed by atoms with Crippen molar-refractivity contribution < 1.29 is 19.1 Å². The van der Waals surface area contributed by atoms with Crippen LogP contribution in [0.25, 0.3) is 0 Å². The van der Waals surface area contributed by atoms with Gasteiger partial charge in [0.2, 0.25) is 16.9 Å². The van der Waals surface area contributed by atoms with Crippen molar-refractivity contribution in [3.8, 4) is 0 Å². The van der Waals surface area contributed by atoms with Crippen LogP contribution >= 0.6 is 11.8 Å². The molecule has 29 heavy (non-hydrogen) atoms. The number of hydrogen-bond acceptors (Lipinski definition) is 6. The summed E-state index contributed by atoms with van der Waals surface area (Å²) in [5.41, 5.74) is 2.94. The number of carbonyl (C=O) groups is 3. The number of amides is 2. The number of thioether (sulfide) groups is 1. The molecular formula is C22H30N2O4S. The van der Waals surface area contributed by atoms with Crippen LogP contribution in [-0.4, -0.2) is 57.9 Å². The van der Waals surface area contributed by atoms with Crippen LogP contribution in [0.15, 0.2) is 22.9 Å². The number of likely N-dealkylation sites (tertiary alicyclic amines) is 1. The maximum Gasteiger partial charge on any atom is 0.233 e. The molecule has 3 aliphatic heterocycles. The van der Waals surface area contributed by atoms with E-state index in [9.17, 15) is 14.4 Å². The molecule has 0 aromatic rings. The molecule has 0 radical (unpaired) electrons. The molecule has 4 atom stereocenters. The quantitative estimate of drug-likeness (QED) is 0.482. The van der Waals surface area contributed by atoms with Crippen LogP contribution in [0.2, 0.25) is 0 Å². The van der Waals surface area contributed by atoms with E-state index in [0.29, 0.717) is 26.0 Å². The topological polar surface area (TPSA) is 66.9 Å². The fourth-order valence-electron chi connectivity index (χ4n) is 5.08. The monoisotopic (exact) mass is 418 g/mol. The van der Waals surface area contributed by atoms with E-state index >= 15 is 0 Å². The second kappa shape index (κ2) is 7.27. The van der Waals surface area contributed by atoms with Gasteiger partial charge >= 0.3 is 0 Å². The van der Waals surface area contributed by atoms with Gasteiger partial charge in [0.25, 0.3) is 0 Å². The fraction of sp³-hybridized carbons (Fsp3) is 0.682. The van der Waals surface area contributed by atoms with E-state index in [4.69, 9.17) is 4.74 Å². The highest BCUT2D eigenvalue weighted by Crippen LogP contribution is 2.45. The van der Waals surface area contributed by atoms with Crippen LogP contribution in [0.4, 0.5) is 0 Å². The summed E-state index contributed by atoms with van der Waals surface area (Å²) in [6.07, 6.45) is 4.12. The number of imide groups is 1. The van der Waals surface area contributed by atoms with Crippen molar-refractivity contribution in [2.24, 2.45) is 17.8 Å². The zero-order chi connectivity index (χ0) is 21.1. The summed E-state index contributed by atoms with van der Waals surface area (Å²) in [5, 5.41) is 0.127. The van der Waals surface area contributed by atoms with Gasteiger partial charge in [-0.2, -0.15) is 0 Å². The first-order valence-corrected chi connectivity index (χ1v) is 11.2. The molecule has 158 valence electrons. The molecule has 0 aromatic heterocycles. The van der Waals surface area contributed by atoms with Gasteiger partial charge in [0.05, 0.1) is 18.4 Å². The minimum atomic E-state index is -0.312. The number of allylic oxidation sites excluding steroid dienone is 2. The highest BCUT2D eigenvalue weighted by atomic mass is 32.2. The van der Waals surface area contributed by atoms with Crippen molar-refractivity contribution in [2.45, 2.75) is 57.9 Å². The van der Waals surface area contributed by atoms with Crippen molar-refractivity contribution in [2.75, 3.05) is 20.2 Å². The number of hydrogen-bond donors (Lipinski definition) is 0. The standard InChI is InChI=1S/C22H30N2O4S/c1-12-14(21(27)29-22(2,3)4)8-9-17-24(12)10-16-13(11-28-17)6-7-15-18(16)20(26)23(5)19(15)25/h6,15-18H,7-11H2,1-5H3/t15-,16+,17+,18-/m1/s1. The van der Waals surface area contributed by atoms with Crippen molar-refractivity contribution in [1.29, 1.82) is 0 Å². The van der Waals surface area contributed by atoms with E-state index in [1.807, 2.05) is 27.7 Å². The van der Waals surface area contributed by atoms with Gasteiger partial charge in [-0.05, 0) is 31.8 Å². The molecule has 6 nitrogen and oxygen atoms in total. The average molecular weight is 419 g/mol. The highest BCUT2D eigenvalue weighted by molar-refractivity contribution is 8.15. The lowest BCUT2D eigenvalue weighted by Gasteiger charge is -2.40. The average Bonchev–Trinajstić information content (AvgIpc) is 2.79. The lowest BCUT2D eigenvalue weighted by atomic mass is 9.73. The maximum absolute atomic E-state index is 12.9. The van der Waals surface area contributed by atoms with Crippen LogP contribution in [0.3, 0.4) is 0 Å². The Hall–Kier alpha value is -1.60. The summed E-state index contributed by atoms with van der Waals surface area (Å²) >= 11 is 1.37. The van der Waals surface area contributed by atoms with Gasteiger partial charge in [-0.3, -0.25) is 19.3 Å². The van der Waals surface area contributed by atoms with Crippen LogP contribution in [0.5, 0.6) is 0 Å². The summed E-state index contributed by atoms with van der Waals surface area (Å²) in [5.74, 6) is -0.760. The molecule has 2 saturated heterocycles. The molecule has 2 amide bonds. The van der Waals surface area contributed by atoms with Gasteiger partial charge in [0, 0.05) is 35.5 Å². The molecule has 0 spiro atoms. The molecule has 0 N–H and O–H groups in total.